The Bertz CT molecular complexity index is 830. The highest BCUT2D eigenvalue weighted by Gasteiger charge is 2.19. The zero-order chi connectivity index (χ0) is 20.1. The quantitative estimate of drug-likeness (QED) is 0.728. The van der Waals surface area contributed by atoms with Gasteiger partial charge in [0.15, 0.2) is 0 Å². The van der Waals surface area contributed by atoms with E-state index in [1.165, 1.54) is 47.1 Å². The second-order valence-electron chi connectivity index (χ2n) is 8.43. The molecule has 0 saturated heterocycles. The Morgan fingerprint density at radius 3 is 2.17 bits per heavy atom. The van der Waals surface area contributed by atoms with Crippen LogP contribution in [0, 0.1) is 0 Å². The van der Waals surface area contributed by atoms with E-state index in [-0.39, 0.29) is 6.03 Å². The number of nitrogens with zero attached hydrogens (tertiary/aromatic N) is 1. The van der Waals surface area contributed by atoms with Crippen LogP contribution in [0.5, 0.6) is 0 Å². The second-order valence-corrected chi connectivity index (χ2v) is 8.43. The largest absolute Gasteiger partial charge is 0.335 e. The van der Waals surface area contributed by atoms with Crippen molar-refractivity contribution in [3.63, 3.8) is 0 Å². The van der Waals surface area contributed by atoms with Gasteiger partial charge in [0.1, 0.15) is 0 Å². The van der Waals surface area contributed by atoms with Gasteiger partial charge < -0.3 is 10.2 Å². The van der Waals surface area contributed by atoms with Gasteiger partial charge in [0.25, 0.3) is 0 Å². The van der Waals surface area contributed by atoms with E-state index in [4.69, 9.17) is 0 Å². The second kappa shape index (κ2) is 9.30. The molecule has 2 aromatic carbocycles. The molecule has 0 bridgehead atoms. The Morgan fingerprint density at radius 1 is 0.966 bits per heavy atom. The Hall–Kier alpha value is -2.55. The van der Waals surface area contributed by atoms with Gasteiger partial charge in [0.2, 0.25) is 0 Å². The number of hydrogen-bond donors (Lipinski definition) is 1. The van der Waals surface area contributed by atoms with Crippen molar-refractivity contribution >= 4 is 11.6 Å². The van der Waals surface area contributed by atoms with E-state index in [2.05, 4.69) is 59.9 Å². The summed E-state index contributed by atoms with van der Waals surface area (Å²) < 4.78 is 0. The summed E-state index contributed by atoms with van der Waals surface area (Å²) in [6.45, 7) is 0.729. The standard InChI is InChI=1S/C26H32N2O/c1-28(26(29)27-22-12-3-2-4-13-22)19-9-16-25-23-14-7-5-10-20(23)17-18-21-11-6-8-15-24(21)25/h5-8,10-11,14-16,22H,2-4,9,12-13,17-19H2,1H3,(H,27,29). The number of hydrogen-bond acceptors (Lipinski definition) is 1. The van der Waals surface area contributed by atoms with Gasteiger partial charge >= 0.3 is 6.03 Å². The number of carbonyl (C=O) groups excluding carboxylic acids is 1. The lowest BCUT2D eigenvalue weighted by molar-refractivity contribution is 0.201. The van der Waals surface area contributed by atoms with E-state index in [1.807, 2.05) is 11.9 Å². The normalized spacial score (nSPS) is 16.4. The monoisotopic (exact) mass is 388 g/mol. The lowest BCUT2D eigenvalue weighted by Gasteiger charge is -2.26. The molecule has 0 atom stereocenters. The fourth-order valence-corrected chi connectivity index (χ4v) is 4.67. The zero-order valence-electron chi connectivity index (χ0n) is 17.5. The van der Waals surface area contributed by atoms with Crippen LogP contribution >= 0.6 is 0 Å². The fourth-order valence-electron chi connectivity index (χ4n) is 4.67. The van der Waals surface area contributed by atoms with Crippen LogP contribution in [-0.4, -0.2) is 30.6 Å². The van der Waals surface area contributed by atoms with Crippen LogP contribution in [0.3, 0.4) is 0 Å². The van der Waals surface area contributed by atoms with Gasteiger partial charge in [-0.25, -0.2) is 4.79 Å². The van der Waals surface area contributed by atoms with Crippen LogP contribution in [-0.2, 0) is 12.8 Å². The summed E-state index contributed by atoms with van der Waals surface area (Å²) in [6, 6.07) is 17.9. The Kier molecular flexibility index (Phi) is 6.33. The molecule has 1 fully saturated rings. The lowest BCUT2D eigenvalue weighted by atomic mass is 9.93. The minimum atomic E-state index is 0.0666. The first-order valence-electron chi connectivity index (χ1n) is 11.1. The smallest absolute Gasteiger partial charge is 0.317 e. The summed E-state index contributed by atoms with van der Waals surface area (Å²) >= 11 is 0. The molecule has 3 heteroatoms. The molecule has 2 aliphatic carbocycles. The first-order chi connectivity index (χ1) is 14.2. The minimum Gasteiger partial charge on any atom is -0.335 e. The van der Waals surface area contributed by atoms with Gasteiger partial charge in [0, 0.05) is 19.6 Å². The number of rotatable bonds is 4. The Balaban J connectivity index is 1.47. The molecule has 0 aliphatic heterocycles. The van der Waals surface area contributed by atoms with Crippen LogP contribution in [0.2, 0.25) is 0 Å². The van der Waals surface area contributed by atoms with Gasteiger partial charge in [-0.05, 0) is 59.9 Å². The van der Waals surface area contributed by atoms with Crippen molar-refractivity contribution < 1.29 is 4.79 Å². The average Bonchev–Trinajstić information content (AvgIpc) is 2.92. The van der Waals surface area contributed by atoms with Crippen LogP contribution in [0.15, 0.2) is 54.6 Å². The van der Waals surface area contributed by atoms with E-state index in [0.29, 0.717) is 6.04 Å². The summed E-state index contributed by atoms with van der Waals surface area (Å²) in [4.78, 5) is 14.4. The molecule has 0 unspecified atom stereocenters. The first-order valence-corrected chi connectivity index (χ1v) is 11.1. The molecule has 2 aromatic rings. The molecule has 0 aromatic heterocycles. The fraction of sp³-hybridized carbons (Fsp3) is 0.423. The molecule has 3 nitrogen and oxygen atoms in total. The molecule has 0 radical (unpaired) electrons. The van der Waals surface area contributed by atoms with Gasteiger partial charge in [-0.15, -0.1) is 0 Å². The van der Waals surface area contributed by atoms with Crippen molar-refractivity contribution in [1.29, 1.82) is 0 Å². The Morgan fingerprint density at radius 2 is 1.55 bits per heavy atom. The van der Waals surface area contributed by atoms with Crippen LogP contribution < -0.4 is 5.32 Å². The van der Waals surface area contributed by atoms with Crippen LogP contribution in [0.1, 0.15) is 60.8 Å². The molecule has 0 spiro atoms. The molecule has 2 aliphatic rings. The maximum absolute atomic E-state index is 12.5. The summed E-state index contributed by atoms with van der Waals surface area (Å²) in [7, 11) is 1.91. The molecule has 2 amide bonds. The minimum absolute atomic E-state index is 0.0666. The predicted molar refractivity (Wildman–Crippen MR) is 120 cm³/mol. The number of benzene rings is 2. The third kappa shape index (κ3) is 4.72. The first kappa shape index (κ1) is 19.8. The van der Waals surface area contributed by atoms with Crippen molar-refractivity contribution in [2.45, 2.75) is 57.4 Å². The average molecular weight is 389 g/mol. The molecular weight excluding hydrogens is 356 g/mol. The van der Waals surface area contributed by atoms with E-state index in [0.717, 1.165) is 38.6 Å². The number of carbonyl (C=O) groups is 1. The third-order valence-corrected chi connectivity index (χ3v) is 6.37. The van der Waals surface area contributed by atoms with Crippen LogP contribution in [0.4, 0.5) is 4.79 Å². The van der Waals surface area contributed by atoms with Gasteiger partial charge in [-0.2, -0.15) is 0 Å². The number of fused-ring (bicyclic) bond motifs is 2. The SMILES string of the molecule is CN(CCC=C1c2ccccc2CCc2ccccc21)C(=O)NC1CCCCC1. The van der Waals surface area contributed by atoms with Crippen molar-refractivity contribution in [3.8, 4) is 0 Å². The Labute approximate surface area is 174 Å². The molecule has 1 saturated carbocycles. The maximum Gasteiger partial charge on any atom is 0.317 e. The topological polar surface area (TPSA) is 32.3 Å². The lowest BCUT2D eigenvalue weighted by Crippen LogP contribution is -2.44. The number of aryl methyl sites for hydroxylation is 2. The summed E-state index contributed by atoms with van der Waals surface area (Å²) in [5.74, 6) is 0. The van der Waals surface area contributed by atoms with Gasteiger partial charge in [0.05, 0.1) is 0 Å². The van der Waals surface area contributed by atoms with Crippen LogP contribution in [0.25, 0.3) is 5.57 Å². The molecule has 152 valence electrons. The predicted octanol–water partition coefficient (Wildman–Crippen LogP) is 5.58. The van der Waals surface area contributed by atoms with E-state index in [9.17, 15) is 4.79 Å². The number of amides is 2. The highest BCUT2D eigenvalue weighted by atomic mass is 16.2. The molecule has 1 N–H and O–H groups in total. The highest BCUT2D eigenvalue weighted by Crippen LogP contribution is 2.33. The molecule has 0 heterocycles. The number of urea groups is 1. The maximum atomic E-state index is 12.5. The molecular formula is C26H32N2O. The third-order valence-electron chi connectivity index (χ3n) is 6.37. The van der Waals surface area contributed by atoms with Crippen molar-refractivity contribution in [2.24, 2.45) is 0 Å². The van der Waals surface area contributed by atoms with E-state index in [1.54, 1.807) is 0 Å². The zero-order valence-corrected chi connectivity index (χ0v) is 17.5. The van der Waals surface area contributed by atoms with E-state index < -0.39 is 0 Å². The summed E-state index contributed by atoms with van der Waals surface area (Å²) in [5, 5.41) is 3.21. The van der Waals surface area contributed by atoms with E-state index >= 15 is 0 Å². The molecule has 4 rings (SSSR count). The number of nitrogens with one attached hydrogen (secondary N) is 1. The molecule has 29 heavy (non-hydrogen) atoms. The highest BCUT2D eigenvalue weighted by molar-refractivity contribution is 5.84. The van der Waals surface area contributed by atoms with Crippen molar-refractivity contribution in [1.82, 2.24) is 10.2 Å². The summed E-state index contributed by atoms with van der Waals surface area (Å²) in [5.41, 5.74) is 6.82. The van der Waals surface area contributed by atoms with Gasteiger partial charge in [-0.3, -0.25) is 0 Å². The summed E-state index contributed by atoms with van der Waals surface area (Å²) in [6.07, 6.45) is 11.4. The van der Waals surface area contributed by atoms with Crippen molar-refractivity contribution in [3.05, 3.63) is 76.9 Å². The van der Waals surface area contributed by atoms with Gasteiger partial charge in [-0.1, -0.05) is 73.9 Å². The van der Waals surface area contributed by atoms with Crippen molar-refractivity contribution in [2.75, 3.05) is 13.6 Å².